The van der Waals surface area contributed by atoms with E-state index in [-0.39, 0.29) is 19.6 Å². The Bertz CT molecular complexity index is 668. The minimum Gasteiger partial charge on any atom is -0.494 e. The monoisotopic (exact) mass is 360 g/mol. The van der Waals surface area contributed by atoms with Gasteiger partial charge in [0.2, 0.25) is 5.91 Å². The smallest absolute Gasteiger partial charge is 0.313 e. The standard InChI is InChI=1S/C19H24N2O5/c1-3-4-11-26-15-7-5-14(6-8-15)19(21-17(22)9-10-20)13-25-12-16(19)18(23)24-2/h5-8,16H,3-4,9,11-13H2,1-2H3,(H,21,22)/t16-,19+/m0/s1. The van der Waals surface area contributed by atoms with Crippen molar-refractivity contribution in [1.29, 1.82) is 5.26 Å². The predicted octanol–water partition coefficient (Wildman–Crippen LogP) is 1.91. The second-order valence-corrected chi connectivity index (χ2v) is 6.17. The zero-order chi connectivity index (χ0) is 19.0. The normalized spacial score (nSPS) is 21.7. The second kappa shape index (κ2) is 9.20. The van der Waals surface area contributed by atoms with Crippen molar-refractivity contribution < 1.29 is 23.8 Å². The molecule has 1 aromatic carbocycles. The Hall–Kier alpha value is -2.59. The highest BCUT2D eigenvalue weighted by Crippen LogP contribution is 2.37. The molecule has 7 heteroatoms. The van der Waals surface area contributed by atoms with E-state index in [9.17, 15) is 9.59 Å². The van der Waals surface area contributed by atoms with Crippen molar-refractivity contribution in [2.45, 2.75) is 31.7 Å². The van der Waals surface area contributed by atoms with E-state index in [4.69, 9.17) is 19.5 Å². The molecule has 1 heterocycles. The Labute approximate surface area is 153 Å². The molecule has 0 aromatic heterocycles. The van der Waals surface area contributed by atoms with Gasteiger partial charge in [-0.3, -0.25) is 9.59 Å². The van der Waals surface area contributed by atoms with E-state index < -0.39 is 23.3 Å². The molecule has 2 atom stereocenters. The van der Waals surface area contributed by atoms with Crippen LogP contribution in [0.5, 0.6) is 5.75 Å². The molecule has 0 bridgehead atoms. The minimum absolute atomic E-state index is 0.125. The first-order valence-electron chi connectivity index (χ1n) is 8.64. The van der Waals surface area contributed by atoms with E-state index in [0.717, 1.165) is 12.8 Å². The molecule has 140 valence electrons. The number of nitrogens with one attached hydrogen (secondary N) is 1. The first-order chi connectivity index (χ1) is 12.6. The summed E-state index contributed by atoms with van der Waals surface area (Å²) in [5.41, 5.74) is -0.359. The zero-order valence-corrected chi connectivity index (χ0v) is 15.1. The highest BCUT2D eigenvalue weighted by molar-refractivity contribution is 5.82. The molecule has 0 aliphatic carbocycles. The number of hydrogen-bond acceptors (Lipinski definition) is 6. The maximum absolute atomic E-state index is 12.2. The summed E-state index contributed by atoms with van der Waals surface area (Å²) >= 11 is 0. The maximum atomic E-state index is 12.2. The van der Waals surface area contributed by atoms with Gasteiger partial charge in [-0.1, -0.05) is 25.5 Å². The quantitative estimate of drug-likeness (QED) is 0.562. The molecule has 1 fully saturated rings. The van der Waals surface area contributed by atoms with E-state index in [1.54, 1.807) is 24.3 Å². The Balaban J connectivity index is 2.30. The van der Waals surface area contributed by atoms with Gasteiger partial charge in [0.15, 0.2) is 0 Å². The van der Waals surface area contributed by atoms with Crippen LogP contribution in [0.3, 0.4) is 0 Å². The molecule has 7 nitrogen and oxygen atoms in total. The van der Waals surface area contributed by atoms with Crippen LogP contribution in [0.15, 0.2) is 24.3 Å². The van der Waals surface area contributed by atoms with Crippen LogP contribution in [0.25, 0.3) is 0 Å². The van der Waals surface area contributed by atoms with Crippen LogP contribution in [0.2, 0.25) is 0 Å². The van der Waals surface area contributed by atoms with E-state index in [0.29, 0.717) is 17.9 Å². The molecule has 0 unspecified atom stereocenters. The third-order valence-electron chi connectivity index (χ3n) is 4.43. The fraction of sp³-hybridized carbons (Fsp3) is 0.526. The Morgan fingerprint density at radius 1 is 1.38 bits per heavy atom. The van der Waals surface area contributed by atoms with E-state index in [1.807, 2.05) is 6.07 Å². The summed E-state index contributed by atoms with van der Waals surface area (Å²) in [6.45, 7) is 2.98. The molecule has 2 rings (SSSR count). The summed E-state index contributed by atoms with van der Waals surface area (Å²) in [5, 5.41) is 11.6. The summed E-state index contributed by atoms with van der Waals surface area (Å²) in [4.78, 5) is 24.3. The summed E-state index contributed by atoms with van der Waals surface area (Å²) < 4.78 is 16.1. The van der Waals surface area contributed by atoms with Crippen LogP contribution < -0.4 is 10.1 Å². The van der Waals surface area contributed by atoms with Crippen molar-refractivity contribution >= 4 is 11.9 Å². The predicted molar refractivity (Wildman–Crippen MR) is 93.2 cm³/mol. The van der Waals surface area contributed by atoms with E-state index >= 15 is 0 Å². The Morgan fingerprint density at radius 2 is 2.12 bits per heavy atom. The number of esters is 1. The zero-order valence-electron chi connectivity index (χ0n) is 15.1. The lowest BCUT2D eigenvalue weighted by molar-refractivity contribution is -0.147. The van der Waals surface area contributed by atoms with Crippen molar-refractivity contribution in [3.8, 4) is 11.8 Å². The van der Waals surface area contributed by atoms with Crippen LogP contribution in [0.1, 0.15) is 31.7 Å². The maximum Gasteiger partial charge on any atom is 0.313 e. The minimum atomic E-state index is -1.07. The molecule has 0 radical (unpaired) electrons. The van der Waals surface area contributed by atoms with Crippen molar-refractivity contribution in [2.75, 3.05) is 26.9 Å². The van der Waals surface area contributed by atoms with Gasteiger partial charge in [-0.25, -0.2) is 0 Å². The average Bonchev–Trinajstić information content (AvgIpc) is 3.06. The molecular formula is C19H24N2O5. The van der Waals surface area contributed by atoms with Gasteiger partial charge in [-0.15, -0.1) is 0 Å². The Kier molecular flexibility index (Phi) is 6.98. The first-order valence-corrected chi connectivity index (χ1v) is 8.64. The average molecular weight is 360 g/mol. The second-order valence-electron chi connectivity index (χ2n) is 6.17. The number of ether oxygens (including phenoxy) is 3. The number of rotatable bonds is 8. The van der Waals surface area contributed by atoms with E-state index in [1.165, 1.54) is 7.11 Å². The third kappa shape index (κ3) is 4.33. The van der Waals surface area contributed by atoms with Gasteiger partial charge in [-0.05, 0) is 24.1 Å². The molecule has 1 saturated heterocycles. The van der Waals surface area contributed by atoms with Crippen molar-refractivity contribution in [3.63, 3.8) is 0 Å². The first kappa shape index (κ1) is 19.7. The van der Waals surface area contributed by atoms with E-state index in [2.05, 4.69) is 12.2 Å². The fourth-order valence-corrected chi connectivity index (χ4v) is 3.02. The van der Waals surface area contributed by atoms with Crippen molar-refractivity contribution in [3.05, 3.63) is 29.8 Å². The SMILES string of the molecule is CCCCOc1ccc([C@]2(NC(=O)CC#N)COC[C@H]2C(=O)OC)cc1. The molecule has 1 amide bonds. The van der Waals surface area contributed by atoms with Crippen molar-refractivity contribution in [1.82, 2.24) is 5.32 Å². The number of carbonyl (C=O) groups excluding carboxylic acids is 2. The molecule has 26 heavy (non-hydrogen) atoms. The third-order valence-corrected chi connectivity index (χ3v) is 4.43. The number of benzene rings is 1. The lowest BCUT2D eigenvalue weighted by atomic mass is 9.80. The number of carbonyl (C=O) groups is 2. The molecular weight excluding hydrogens is 336 g/mol. The van der Waals surface area contributed by atoms with Gasteiger partial charge >= 0.3 is 5.97 Å². The molecule has 1 aliphatic heterocycles. The summed E-state index contributed by atoms with van der Waals surface area (Å²) in [5.74, 6) is -0.908. The molecule has 1 aromatic rings. The topological polar surface area (TPSA) is 97.6 Å². The van der Waals surface area contributed by atoms with Gasteiger partial charge in [0.25, 0.3) is 0 Å². The fourth-order valence-electron chi connectivity index (χ4n) is 3.02. The number of unbranched alkanes of at least 4 members (excludes halogenated alkanes) is 1. The van der Waals surface area contributed by atoms with Gasteiger partial charge in [0.05, 0.1) is 33.0 Å². The van der Waals surface area contributed by atoms with Crippen LogP contribution in [0.4, 0.5) is 0 Å². The molecule has 1 aliphatic rings. The van der Waals surface area contributed by atoms with Gasteiger partial charge < -0.3 is 19.5 Å². The lowest BCUT2D eigenvalue weighted by Crippen LogP contribution is -2.53. The van der Waals surface area contributed by atoms with Crippen LogP contribution in [-0.2, 0) is 24.6 Å². The van der Waals surface area contributed by atoms with Crippen molar-refractivity contribution in [2.24, 2.45) is 5.92 Å². The van der Waals surface area contributed by atoms with Crippen LogP contribution >= 0.6 is 0 Å². The highest BCUT2D eigenvalue weighted by Gasteiger charge is 2.51. The number of hydrogen-bond donors (Lipinski definition) is 1. The van der Waals surface area contributed by atoms with Crippen LogP contribution in [-0.4, -0.2) is 38.8 Å². The molecule has 0 spiro atoms. The van der Waals surface area contributed by atoms with Gasteiger partial charge in [0.1, 0.15) is 23.6 Å². The summed E-state index contributed by atoms with van der Waals surface area (Å²) in [6, 6.07) is 9.03. The number of nitrogens with zero attached hydrogens (tertiary/aromatic N) is 1. The number of methoxy groups -OCH3 is 1. The van der Waals surface area contributed by atoms with Gasteiger partial charge in [-0.2, -0.15) is 5.26 Å². The van der Waals surface area contributed by atoms with Crippen LogP contribution in [0, 0.1) is 17.2 Å². The summed E-state index contributed by atoms with van der Waals surface area (Å²) in [6.07, 6.45) is 1.71. The highest BCUT2D eigenvalue weighted by atomic mass is 16.5. The van der Waals surface area contributed by atoms with Gasteiger partial charge in [0, 0.05) is 0 Å². The Morgan fingerprint density at radius 3 is 2.73 bits per heavy atom. The molecule has 0 saturated carbocycles. The largest absolute Gasteiger partial charge is 0.494 e. The molecule has 1 N–H and O–H groups in total. The number of nitriles is 1. The summed E-state index contributed by atoms with van der Waals surface area (Å²) in [7, 11) is 1.30. The lowest BCUT2D eigenvalue weighted by Gasteiger charge is -2.33. The number of amides is 1.